The molecule has 4 rings (SSSR count). The lowest BCUT2D eigenvalue weighted by Gasteiger charge is -2.13. The van der Waals surface area contributed by atoms with Gasteiger partial charge in [0.2, 0.25) is 5.82 Å². The summed E-state index contributed by atoms with van der Waals surface area (Å²) in [5, 5.41) is 8.92. The van der Waals surface area contributed by atoms with Gasteiger partial charge in [-0.05, 0) is 12.8 Å². The quantitative estimate of drug-likeness (QED) is 0.830. The van der Waals surface area contributed by atoms with E-state index in [1.807, 2.05) is 0 Å². The van der Waals surface area contributed by atoms with Gasteiger partial charge < -0.3 is 15.4 Å². The van der Waals surface area contributed by atoms with E-state index >= 15 is 0 Å². The second-order valence-electron chi connectivity index (χ2n) is 6.12. The first-order valence-electron chi connectivity index (χ1n) is 8.18. The van der Waals surface area contributed by atoms with Gasteiger partial charge in [-0.3, -0.25) is 9.59 Å². The predicted octanol–water partition coefficient (Wildman–Crippen LogP) is 1.02. The number of fused-ring (bicyclic) bond motifs is 2. The van der Waals surface area contributed by atoms with Gasteiger partial charge in [-0.1, -0.05) is 0 Å². The fraction of sp³-hybridized carbons (Fsp3) is 0.375. The zero-order valence-corrected chi connectivity index (χ0v) is 13.6. The Kier molecular flexibility index (Phi) is 4.02. The van der Waals surface area contributed by atoms with Crippen LogP contribution in [0.25, 0.3) is 0 Å². The van der Waals surface area contributed by atoms with Crippen LogP contribution >= 0.6 is 0 Å². The van der Waals surface area contributed by atoms with Gasteiger partial charge in [-0.15, -0.1) is 5.10 Å². The number of nitrogens with zero attached hydrogens (tertiary/aromatic N) is 3. The lowest BCUT2D eigenvalue weighted by Crippen LogP contribution is -2.46. The molecule has 0 fully saturated rings. The summed E-state index contributed by atoms with van der Waals surface area (Å²) in [5.74, 6) is -2.53. The van der Waals surface area contributed by atoms with E-state index in [1.165, 1.54) is 0 Å². The Hall–Kier alpha value is -3.04. The summed E-state index contributed by atoms with van der Waals surface area (Å²) >= 11 is 0. The molecule has 0 spiro atoms. The number of ether oxygens (including phenoxy) is 1. The molecule has 1 atom stereocenters. The van der Waals surface area contributed by atoms with Crippen molar-refractivity contribution >= 4 is 17.5 Å². The fourth-order valence-electron chi connectivity index (χ4n) is 2.95. The summed E-state index contributed by atoms with van der Waals surface area (Å²) in [5.41, 5.74) is -0.260. The Morgan fingerprint density at radius 1 is 1.35 bits per heavy atom. The molecule has 2 aliphatic heterocycles. The van der Waals surface area contributed by atoms with E-state index in [0.717, 1.165) is 31.2 Å². The number of benzene rings is 1. The Morgan fingerprint density at radius 2 is 2.19 bits per heavy atom. The molecule has 0 saturated heterocycles. The van der Waals surface area contributed by atoms with E-state index in [2.05, 4.69) is 20.7 Å². The van der Waals surface area contributed by atoms with Crippen LogP contribution in [0.3, 0.4) is 0 Å². The Morgan fingerprint density at radius 3 is 3.00 bits per heavy atom. The number of carbonyl (C=O) groups is 2. The highest BCUT2D eigenvalue weighted by Gasteiger charge is 2.30. The van der Waals surface area contributed by atoms with E-state index in [4.69, 9.17) is 4.74 Å². The van der Waals surface area contributed by atoms with Gasteiger partial charge in [0, 0.05) is 25.1 Å². The molecule has 8 nitrogen and oxygen atoms in total. The van der Waals surface area contributed by atoms with Crippen molar-refractivity contribution in [2.24, 2.45) is 0 Å². The zero-order chi connectivity index (χ0) is 18.3. The number of halogens is 2. The van der Waals surface area contributed by atoms with E-state index in [1.54, 1.807) is 4.68 Å². The highest BCUT2D eigenvalue weighted by atomic mass is 19.1. The van der Waals surface area contributed by atoms with Crippen LogP contribution in [0, 0.1) is 11.6 Å². The van der Waals surface area contributed by atoms with Crippen LogP contribution in [-0.4, -0.2) is 39.2 Å². The molecule has 2 aliphatic rings. The molecule has 1 aromatic heterocycles. The van der Waals surface area contributed by atoms with Crippen LogP contribution in [0.1, 0.15) is 29.3 Å². The van der Waals surface area contributed by atoms with Crippen molar-refractivity contribution in [3.63, 3.8) is 0 Å². The smallest absolute Gasteiger partial charge is 0.291 e. The zero-order valence-electron chi connectivity index (χ0n) is 13.6. The van der Waals surface area contributed by atoms with Crippen molar-refractivity contribution in [1.82, 2.24) is 20.1 Å². The van der Waals surface area contributed by atoms with E-state index in [-0.39, 0.29) is 23.9 Å². The molecule has 0 saturated carbocycles. The van der Waals surface area contributed by atoms with E-state index < -0.39 is 29.5 Å². The van der Waals surface area contributed by atoms with Crippen LogP contribution in [0.15, 0.2) is 12.1 Å². The number of carbonyl (C=O) groups excluding carboxylic acids is 2. The normalized spacial score (nSPS) is 18.8. The van der Waals surface area contributed by atoms with Crippen LogP contribution in [0.2, 0.25) is 0 Å². The summed E-state index contributed by atoms with van der Waals surface area (Å²) in [6.07, 6.45) is 2.70. The Balaban J connectivity index is 1.50. The standard InChI is InChI=1S/C16H15F2N5O3/c17-8-5-9(18)13-11(6-8)26-7-10(15(24)21-13)19-16(25)14-20-12-3-1-2-4-23(12)22-14/h5-6,10H,1-4,7H2,(H,19,25)(H,21,24)/t10-/m0/s1. The molecule has 2 N–H and O–H groups in total. The molecule has 2 amide bonds. The number of hydrogen-bond donors (Lipinski definition) is 2. The van der Waals surface area contributed by atoms with Crippen LogP contribution < -0.4 is 15.4 Å². The SMILES string of the molecule is O=C(N[C@H]1COc2cc(F)cc(F)c2NC1=O)c1nc2n(n1)CCCC2. The van der Waals surface area contributed by atoms with Gasteiger partial charge in [0.25, 0.3) is 11.8 Å². The summed E-state index contributed by atoms with van der Waals surface area (Å²) in [6, 6.07) is 0.507. The first kappa shape index (κ1) is 16.4. The van der Waals surface area contributed by atoms with Crippen LogP contribution in [0.5, 0.6) is 5.75 Å². The molecule has 136 valence electrons. The number of rotatable bonds is 2. The van der Waals surface area contributed by atoms with Gasteiger partial charge in [0.1, 0.15) is 35.7 Å². The first-order chi connectivity index (χ1) is 12.5. The van der Waals surface area contributed by atoms with Gasteiger partial charge >= 0.3 is 0 Å². The number of aryl methyl sites for hydroxylation is 2. The topological polar surface area (TPSA) is 98.1 Å². The fourth-order valence-corrected chi connectivity index (χ4v) is 2.95. The van der Waals surface area contributed by atoms with Gasteiger partial charge in [0.05, 0.1) is 0 Å². The average Bonchev–Trinajstić information content (AvgIpc) is 2.98. The van der Waals surface area contributed by atoms with Crippen molar-refractivity contribution < 1.29 is 23.1 Å². The van der Waals surface area contributed by atoms with Crippen molar-refractivity contribution in [3.8, 4) is 5.75 Å². The maximum absolute atomic E-state index is 13.8. The van der Waals surface area contributed by atoms with E-state index in [9.17, 15) is 18.4 Å². The molecular formula is C16H15F2N5O3. The first-order valence-corrected chi connectivity index (χ1v) is 8.18. The molecular weight excluding hydrogens is 348 g/mol. The highest BCUT2D eigenvalue weighted by Crippen LogP contribution is 2.31. The van der Waals surface area contributed by atoms with Crippen molar-refractivity contribution in [2.45, 2.75) is 31.8 Å². The maximum Gasteiger partial charge on any atom is 0.291 e. The maximum atomic E-state index is 13.8. The van der Waals surface area contributed by atoms with Gasteiger partial charge in [0.15, 0.2) is 5.82 Å². The number of aromatic nitrogens is 3. The predicted molar refractivity (Wildman–Crippen MR) is 84.7 cm³/mol. The number of anilines is 1. The second kappa shape index (κ2) is 6.36. The highest BCUT2D eigenvalue weighted by molar-refractivity contribution is 6.01. The lowest BCUT2D eigenvalue weighted by atomic mass is 10.2. The lowest BCUT2D eigenvalue weighted by molar-refractivity contribution is -0.118. The molecule has 26 heavy (non-hydrogen) atoms. The number of nitrogens with one attached hydrogen (secondary N) is 2. The largest absolute Gasteiger partial charge is 0.488 e. The Labute approximate surface area is 146 Å². The molecule has 2 aromatic rings. The minimum absolute atomic E-state index is 0.0336. The summed E-state index contributed by atoms with van der Waals surface area (Å²) in [6.45, 7) is 0.420. The summed E-state index contributed by atoms with van der Waals surface area (Å²) in [7, 11) is 0. The number of amides is 2. The third-order valence-electron chi connectivity index (χ3n) is 4.27. The average molecular weight is 363 g/mol. The molecule has 0 unspecified atom stereocenters. The van der Waals surface area contributed by atoms with Crippen molar-refractivity contribution in [2.75, 3.05) is 11.9 Å². The monoisotopic (exact) mass is 363 g/mol. The Bertz CT molecular complexity index is 875. The molecule has 0 bridgehead atoms. The van der Waals surface area contributed by atoms with Crippen molar-refractivity contribution in [1.29, 1.82) is 0 Å². The molecule has 10 heteroatoms. The minimum Gasteiger partial charge on any atom is -0.488 e. The molecule has 1 aromatic carbocycles. The minimum atomic E-state index is -1.10. The van der Waals surface area contributed by atoms with E-state index in [0.29, 0.717) is 12.6 Å². The van der Waals surface area contributed by atoms with Gasteiger partial charge in [-0.2, -0.15) is 0 Å². The third-order valence-corrected chi connectivity index (χ3v) is 4.27. The third kappa shape index (κ3) is 2.98. The summed E-state index contributed by atoms with van der Waals surface area (Å²) in [4.78, 5) is 28.8. The second-order valence-corrected chi connectivity index (χ2v) is 6.12. The summed E-state index contributed by atoms with van der Waals surface area (Å²) < 4.78 is 34.1. The van der Waals surface area contributed by atoms with Crippen LogP contribution in [-0.2, 0) is 17.8 Å². The number of hydrogen-bond acceptors (Lipinski definition) is 5. The van der Waals surface area contributed by atoms with Crippen LogP contribution in [0.4, 0.5) is 14.5 Å². The van der Waals surface area contributed by atoms with Crippen molar-refractivity contribution in [3.05, 3.63) is 35.4 Å². The molecule has 0 aliphatic carbocycles. The van der Waals surface area contributed by atoms with Gasteiger partial charge in [-0.25, -0.2) is 18.4 Å². The molecule has 0 radical (unpaired) electrons. The molecule has 3 heterocycles.